The Kier molecular flexibility index (Phi) is 58.1. The Balaban J connectivity index is -0.0000000707. The minimum atomic E-state index is -0.0252. The average molecular weight is 375 g/mol. The summed E-state index contributed by atoms with van der Waals surface area (Å²) in [5.74, 6) is 0. The van der Waals surface area contributed by atoms with Gasteiger partial charge in [0.2, 0.25) is 0 Å². The van der Waals surface area contributed by atoms with Gasteiger partial charge in [0.05, 0.1) is 6.10 Å². The fourth-order valence-corrected chi connectivity index (χ4v) is 2.29. The molecular formula is C22H46Mg2O. The van der Waals surface area contributed by atoms with Crippen molar-refractivity contribution < 1.29 is 7.96 Å². The van der Waals surface area contributed by atoms with E-state index in [9.17, 15) is 5.11 Å². The first-order valence-electron chi connectivity index (χ1n) is 9.62. The first kappa shape index (κ1) is 36.6. The van der Waals surface area contributed by atoms with Crippen LogP contribution in [0, 0.1) is 13.8 Å². The van der Waals surface area contributed by atoms with Crippen LogP contribution in [0.1, 0.15) is 100 Å². The summed E-state index contributed by atoms with van der Waals surface area (Å²) in [6.07, 6.45) is 19.5. The van der Waals surface area contributed by atoms with Crippen molar-refractivity contribution in [3.05, 3.63) is 39.2 Å². The van der Waals surface area contributed by atoms with Crippen LogP contribution in [0.15, 0.2) is 25.3 Å². The summed E-state index contributed by atoms with van der Waals surface area (Å²) in [6, 6.07) is 0. The molecule has 0 saturated heterocycles. The van der Waals surface area contributed by atoms with Gasteiger partial charge in [-0.2, -0.15) is 0 Å². The zero-order valence-electron chi connectivity index (χ0n) is 19.6. The van der Waals surface area contributed by atoms with Crippen molar-refractivity contribution in [1.29, 1.82) is 0 Å². The quantitative estimate of drug-likeness (QED) is 0.210. The number of aliphatic hydroxyl groups is 1. The van der Waals surface area contributed by atoms with Crippen LogP contribution in [-0.2, 0) is 0 Å². The van der Waals surface area contributed by atoms with E-state index in [1.54, 1.807) is 0 Å². The van der Waals surface area contributed by atoms with Crippen LogP contribution in [0.4, 0.5) is 0 Å². The largest absolute Gasteiger partial charge is 2.00 e. The fraction of sp³-hybridized carbons (Fsp3) is 0.727. The molecule has 0 bridgehead atoms. The molecule has 1 N–H and O–H groups in total. The second kappa shape index (κ2) is 39.7. The molecule has 0 aromatic rings. The molecule has 0 aliphatic carbocycles. The molecule has 1 nitrogen and oxygen atoms in total. The Morgan fingerprint density at radius 2 is 0.960 bits per heavy atom. The van der Waals surface area contributed by atoms with Crippen LogP contribution in [0.2, 0.25) is 0 Å². The van der Waals surface area contributed by atoms with Crippen LogP contribution in [0.3, 0.4) is 0 Å². The van der Waals surface area contributed by atoms with Crippen LogP contribution < -0.4 is 0 Å². The van der Waals surface area contributed by atoms with E-state index < -0.39 is 0 Å². The molecule has 0 aromatic heterocycles. The van der Waals surface area contributed by atoms with Crippen LogP contribution in [0.5, 0.6) is 0 Å². The monoisotopic (exact) mass is 374 g/mol. The van der Waals surface area contributed by atoms with Gasteiger partial charge in [-0.05, 0) is 12.8 Å². The van der Waals surface area contributed by atoms with Gasteiger partial charge in [0.25, 0.3) is 0 Å². The van der Waals surface area contributed by atoms with Gasteiger partial charge in [0, 0.05) is 0 Å². The summed E-state index contributed by atoms with van der Waals surface area (Å²) in [6.45, 7) is 17.5. The molecule has 0 heterocycles. The van der Waals surface area contributed by atoms with Crippen molar-refractivity contribution in [3.8, 4) is 0 Å². The van der Waals surface area contributed by atoms with Gasteiger partial charge in [-0.1, -0.05) is 84.5 Å². The molecule has 144 valence electrons. The summed E-state index contributed by atoms with van der Waals surface area (Å²) in [5.41, 5.74) is 0. The molecule has 0 fully saturated rings. The molecule has 0 radical (unpaired) electrons. The maximum absolute atomic E-state index is 9.81. The molecule has 1 unspecified atom stereocenters. The van der Waals surface area contributed by atoms with E-state index in [1.807, 2.05) is 0 Å². The molecule has 0 aliphatic rings. The minimum Gasteiger partial charge on any atom is -1.00 e. The normalized spacial score (nSPS) is 9.72. The first-order valence-corrected chi connectivity index (χ1v) is 9.62. The number of allylic oxidation sites excluding steroid dienone is 2. The molecule has 0 rings (SSSR count). The minimum absolute atomic E-state index is 0. The van der Waals surface area contributed by atoms with E-state index in [1.165, 1.54) is 82.8 Å². The van der Waals surface area contributed by atoms with Gasteiger partial charge >= 0.3 is 46.1 Å². The molecule has 3 heteroatoms. The standard InChI is InChI=1S/C16H34O.2C3H5.2Mg.2H/c1-3-5-7-9-11-13-15-16(17)14-12-10-8-6-4-2;2*1-3-2;;;;/h16-17H,3-15H2,1-2H3;2*3H,1-2H2;;;;/q;2*-1;2*+2;2*-1. The number of hydrogen-bond acceptors (Lipinski definition) is 1. The van der Waals surface area contributed by atoms with E-state index in [2.05, 4.69) is 40.9 Å². The second-order valence-electron chi connectivity index (χ2n) is 5.99. The average Bonchev–Trinajstić information content (AvgIpc) is 2.52. The molecule has 0 aromatic carbocycles. The smallest absolute Gasteiger partial charge is 1.00 e. The molecule has 25 heavy (non-hydrogen) atoms. The van der Waals surface area contributed by atoms with E-state index in [0.717, 1.165) is 12.8 Å². The zero-order valence-corrected chi connectivity index (χ0v) is 20.4. The third kappa shape index (κ3) is 51.6. The second-order valence-corrected chi connectivity index (χ2v) is 5.99. The Hall–Kier alpha value is 0.712. The van der Waals surface area contributed by atoms with E-state index >= 15 is 0 Å². The zero-order chi connectivity index (χ0) is 18.2. The van der Waals surface area contributed by atoms with Crippen LogP contribution >= 0.6 is 0 Å². The molecule has 0 spiro atoms. The Morgan fingerprint density at radius 1 is 0.720 bits per heavy atom. The maximum Gasteiger partial charge on any atom is 2.00 e. The third-order valence-corrected chi connectivity index (χ3v) is 3.53. The number of aliphatic hydroxyl groups excluding tert-OH is 1. The molecule has 0 aliphatic heterocycles. The summed E-state index contributed by atoms with van der Waals surface area (Å²) in [7, 11) is 0. The van der Waals surface area contributed by atoms with Gasteiger partial charge in [-0.15, -0.1) is 0 Å². The number of rotatable bonds is 13. The SMILES string of the molecule is C=C[CH2-].C=C[CH2-].CCCCCCCCC(O)CCCCCCC.[H-].[H-].[Mg+2].[Mg+2]. The Labute approximate surface area is 195 Å². The van der Waals surface area contributed by atoms with Gasteiger partial charge in [0.15, 0.2) is 0 Å². The summed E-state index contributed by atoms with van der Waals surface area (Å²) in [5, 5.41) is 9.81. The Bertz CT molecular complexity index is 212. The van der Waals surface area contributed by atoms with Gasteiger partial charge in [0.1, 0.15) is 0 Å². The summed E-state index contributed by atoms with van der Waals surface area (Å²) in [4.78, 5) is 0. The van der Waals surface area contributed by atoms with Gasteiger partial charge in [-0.25, -0.2) is 39.2 Å². The molecule has 0 saturated carbocycles. The maximum atomic E-state index is 9.81. The van der Waals surface area contributed by atoms with Crippen molar-refractivity contribution in [3.63, 3.8) is 0 Å². The van der Waals surface area contributed by atoms with E-state index in [0.29, 0.717) is 0 Å². The third-order valence-electron chi connectivity index (χ3n) is 3.53. The first-order chi connectivity index (χ1) is 11.1. The van der Waals surface area contributed by atoms with Crippen molar-refractivity contribution >= 4 is 46.1 Å². The van der Waals surface area contributed by atoms with Crippen molar-refractivity contribution in [2.75, 3.05) is 0 Å². The molecule has 1 atom stereocenters. The Morgan fingerprint density at radius 3 is 1.24 bits per heavy atom. The van der Waals surface area contributed by atoms with E-state index in [-0.39, 0.29) is 55.1 Å². The summed E-state index contributed by atoms with van der Waals surface area (Å²) < 4.78 is 0. The van der Waals surface area contributed by atoms with E-state index in [4.69, 9.17) is 0 Å². The van der Waals surface area contributed by atoms with Gasteiger partial charge in [-0.3, -0.25) is 0 Å². The predicted molar refractivity (Wildman–Crippen MR) is 122 cm³/mol. The number of unbranched alkanes of at least 4 members (excludes halogenated alkanes) is 9. The molecule has 0 amide bonds. The number of hydrogen-bond donors (Lipinski definition) is 1. The predicted octanol–water partition coefficient (Wildman–Crippen LogP) is 6.93. The van der Waals surface area contributed by atoms with Crippen molar-refractivity contribution in [2.24, 2.45) is 0 Å². The van der Waals surface area contributed by atoms with Crippen molar-refractivity contribution in [1.82, 2.24) is 0 Å². The summed E-state index contributed by atoms with van der Waals surface area (Å²) >= 11 is 0. The fourth-order valence-electron chi connectivity index (χ4n) is 2.29. The molecular weight excluding hydrogens is 329 g/mol. The topological polar surface area (TPSA) is 20.2 Å². The van der Waals surface area contributed by atoms with Crippen LogP contribution in [-0.4, -0.2) is 57.3 Å². The van der Waals surface area contributed by atoms with Gasteiger partial charge < -0.3 is 7.96 Å². The van der Waals surface area contributed by atoms with Crippen LogP contribution in [0.25, 0.3) is 0 Å². The van der Waals surface area contributed by atoms with Crippen molar-refractivity contribution in [2.45, 2.75) is 103 Å².